The summed E-state index contributed by atoms with van der Waals surface area (Å²) in [7, 11) is 0. The monoisotopic (exact) mass is 258 g/mol. The lowest BCUT2D eigenvalue weighted by molar-refractivity contribution is 0.112. The van der Waals surface area contributed by atoms with Crippen LogP contribution >= 0.6 is 11.3 Å². The number of hydrogen-bond acceptors (Lipinski definition) is 3. The number of aldehydes is 1. The normalized spacial score (nSPS) is 14.0. The lowest BCUT2D eigenvalue weighted by Crippen LogP contribution is -2.02. The lowest BCUT2D eigenvalue weighted by atomic mass is 9.92. The molecule has 3 rings (SSSR count). The van der Waals surface area contributed by atoms with Crippen LogP contribution in [-0.2, 0) is 12.8 Å². The highest BCUT2D eigenvalue weighted by molar-refractivity contribution is 7.11. The van der Waals surface area contributed by atoms with Crippen LogP contribution in [0.4, 0.5) is 0 Å². The van der Waals surface area contributed by atoms with Gasteiger partial charge in [-0.15, -0.1) is 11.3 Å². The molecule has 18 heavy (non-hydrogen) atoms. The van der Waals surface area contributed by atoms with Gasteiger partial charge in [0.2, 0.25) is 0 Å². The van der Waals surface area contributed by atoms with Gasteiger partial charge in [0.15, 0.2) is 6.29 Å². The van der Waals surface area contributed by atoms with E-state index in [2.05, 4.69) is 12.1 Å². The molecular weight excluding hydrogens is 244 g/mol. The van der Waals surface area contributed by atoms with Gasteiger partial charge in [-0.1, -0.05) is 6.07 Å². The fourth-order valence-electron chi connectivity index (χ4n) is 2.36. The van der Waals surface area contributed by atoms with Gasteiger partial charge in [0.1, 0.15) is 11.5 Å². The van der Waals surface area contributed by atoms with Gasteiger partial charge in [0, 0.05) is 11.4 Å². The molecule has 0 atom stereocenters. The van der Waals surface area contributed by atoms with Gasteiger partial charge in [-0.25, -0.2) is 0 Å². The Bertz CT molecular complexity index is 572. The third-order valence-electron chi connectivity index (χ3n) is 3.27. The van der Waals surface area contributed by atoms with Gasteiger partial charge in [-0.2, -0.15) is 0 Å². The first kappa shape index (κ1) is 11.5. The van der Waals surface area contributed by atoms with E-state index < -0.39 is 0 Å². The van der Waals surface area contributed by atoms with Crippen LogP contribution in [0.15, 0.2) is 29.6 Å². The summed E-state index contributed by atoms with van der Waals surface area (Å²) in [4.78, 5) is 11.3. The maximum absolute atomic E-state index is 10.6. The number of benzene rings is 1. The number of aryl methyl sites for hydroxylation is 2. The highest BCUT2D eigenvalue weighted by atomic mass is 32.1. The van der Waals surface area contributed by atoms with Crippen molar-refractivity contribution in [2.75, 3.05) is 0 Å². The van der Waals surface area contributed by atoms with E-state index in [1.807, 2.05) is 11.4 Å². The molecule has 1 aromatic heterocycles. The maximum Gasteiger partial charge on any atom is 0.160 e. The molecule has 2 aromatic rings. The van der Waals surface area contributed by atoms with Crippen LogP contribution < -0.4 is 4.74 Å². The molecule has 2 nitrogen and oxygen atoms in total. The molecule has 0 spiro atoms. The van der Waals surface area contributed by atoms with Gasteiger partial charge in [0.05, 0.1) is 4.88 Å². The van der Waals surface area contributed by atoms with Crippen molar-refractivity contribution in [3.63, 3.8) is 0 Å². The van der Waals surface area contributed by atoms with Crippen LogP contribution in [-0.4, -0.2) is 6.29 Å². The molecule has 0 amide bonds. The van der Waals surface area contributed by atoms with E-state index in [1.165, 1.54) is 41.7 Å². The van der Waals surface area contributed by atoms with Crippen LogP contribution in [0.25, 0.3) is 0 Å². The summed E-state index contributed by atoms with van der Waals surface area (Å²) in [6.45, 7) is 0. The zero-order valence-corrected chi connectivity index (χ0v) is 10.8. The van der Waals surface area contributed by atoms with Crippen LogP contribution in [0.3, 0.4) is 0 Å². The average Bonchev–Trinajstić information content (AvgIpc) is 2.86. The fraction of sp³-hybridized carbons (Fsp3) is 0.267. The minimum Gasteiger partial charge on any atom is -0.456 e. The molecule has 0 bridgehead atoms. The number of fused-ring (bicyclic) bond motifs is 1. The Morgan fingerprint density at radius 1 is 1.06 bits per heavy atom. The third-order valence-corrected chi connectivity index (χ3v) is 4.10. The topological polar surface area (TPSA) is 26.3 Å². The first-order chi connectivity index (χ1) is 8.85. The second kappa shape index (κ2) is 4.94. The minimum absolute atomic E-state index is 0.697. The Morgan fingerprint density at radius 2 is 1.89 bits per heavy atom. The molecule has 1 aliphatic carbocycles. The van der Waals surface area contributed by atoms with Crippen LogP contribution in [0.2, 0.25) is 0 Å². The van der Waals surface area contributed by atoms with Crippen molar-refractivity contribution < 1.29 is 9.53 Å². The zero-order chi connectivity index (χ0) is 12.4. The van der Waals surface area contributed by atoms with Crippen molar-refractivity contribution in [1.82, 2.24) is 0 Å². The molecule has 0 fully saturated rings. The average molecular weight is 258 g/mol. The number of hydrogen-bond donors (Lipinski definition) is 0. The van der Waals surface area contributed by atoms with Gasteiger partial charge in [0.25, 0.3) is 0 Å². The summed E-state index contributed by atoms with van der Waals surface area (Å²) >= 11 is 1.40. The predicted octanol–water partition coefficient (Wildman–Crippen LogP) is 4.23. The van der Waals surface area contributed by atoms with Crippen LogP contribution in [0, 0.1) is 0 Å². The summed E-state index contributed by atoms with van der Waals surface area (Å²) in [5.41, 5.74) is 2.86. The van der Waals surface area contributed by atoms with Gasteiger partial charge >= 0.3 is 0 Å². The quantitative estimate of drug-likeness (QED) is 0.770. The Kier molecular flexibility index (Phi) is 3.15. The Morgan fingerprint density at radius 3 is 2.67 bits per heavy atom. The SMILES string of the molecule is O=Cc1cc(Oc2ccc3c(c2)CCCC3)cs1. The standard InChI is InChI=1S/C15H14O2S/c16-9-15-8-14(10-18-15)17-13-6-5-11-3-1-2-4-12(11)7-13/h5-10H,1-4H2. The Balaban J connectivity index is 1.82. The summed E-state index contributed by atoms with van der Waals surface area (Å²) < 4.78 is 5.78. The smallest absolute Gasteiger partial charge is 0.160 e. The van der Waals surface area contributed by atoms with Crippen LogP contribution in [0.5, 0.6) is 11.5 Å². The number of ether oxygens (including phenoxy) is 1. The molecule has 1 heterocycles. The largest absolute Gasteiger partial charge is 0.456 e. The molecule has 0 aliphatic heterocycles. The van der Waals surface area contributed by atoms with Crippen molar-refractivity contribution in [2.24, 2.45) is 0 Å². The summed E-state index contributed by atoms with van der Waals surface area (Å²) in [5, 5.41) is 1.86. The summed E-state index contributed by atoms with van der Waals surface area (Å²) in [6, 6.07) is 8.09. The van der Waals surface area contributed by atoms with E-state index in [0.29, 0.717) is 4.88 Å². The molecule has 0 unspecified atom stereocenters. The van der Waals surface area contributed by atoms with Crippen LogP contribution in [0.1, 0.15) is 33.6 Å². The number of rotatable bonds is 3. The van der Waals surface area contributed by atoms with Crippen molar-refractivity contribution in [3.05, 3.63) is 45.6 Å². The first-order valence-electron chi connectivity index (χ1n) is 6.18. The Hall–Kier alpha value is -1.61. The van der Waals surface area contributed by atoms with E-state index in [9.17, 15) is 4.79 Å². The lowest BCUT2D eigenvalue weighted by Gasteiger charge is -2.16. The van der Waals surface area contributed by atoms with Gasteiger partial charge < -0.3 is 4.74 Å². The molecule has 0 saturated carbocycles. The third kappa shape index (κ3) is 2.31. The van der Waals surface area contributed by atoms with Crippen molar-refractivity contribution >= 4 is 17.6 Å². The maximum atomic E-state index is 10.6. The highest BCUT2D eigenvalue weighted by Gasteiger charge is 2.10. The predicted molar refractivity (Wildman–Crippen MR) is 72.9 cm³/mol. The number of carbonyl (C=O) groups is 1. The molecule has 0 radical (unpaired) electrons. The second-order valence-corrected chi connectivity index (χ2v) is 5.49. The van der Waals surface area contributed by atoms with E-state index in [-0.39, 0.29) is 0 Å². The minimum atomic E-state index is 0.697. The summed E-state index contributed by atoms with van der Waals surface area (Å²) in [5.74, 6) is 1.61. The van der Waals surface area contributed by atoms with E-state index in [1.54, 1.807) is 6.07 Å². The summed E-state index contributed by atoms with van der Waals surface area (Å²) in [6.07, 6.45) is 5.74. The zero-order valence-electron chi connectivity index (χ0n) is 10.0. The second-order valence-electron chi connectivity index (χ2n) is 4.54. The molecule has 92 valence electrons. The van der Waals surface area contributed by atoms with Gasteiger partial charge in [-0.3, -0.25) is 4.79 Å². The van der Waals surface area contributed by atoms with Crippen molar-refractivity contribution in [1.29, 1.82) is 0 Å². The molecule has 1 aliphatic rings. The number of carbonyl (C=O) groups excluding carboxylic acids is 1. The molecule has 1 aromatic carbocycles. The molecule has 0 N–H and O–H groups in total. The molecule has 0 saturated heterocycles. The number of thiophene rings is 1. The van der Waals surface area contributed by atoms with E-state index >= 15 is 0 Å². The molecular formula is C15H14O2S. The van der Waals surface area contributed by atoms with E-state index in [4.69, 9.17) is 4.74 Å². The first-order valence-corrected chi connectivity index (χ1v) is 7.06. The van der Waals surface area contributed by atoms with Gasteiger partial charge in [-0.05, 0) is 48.9 Å². The molecule has 3 heteroatoms. The Labute approximate surface area is 110 Å². The van der Waals surface area contributed by atoms with E-state index in [0.717, 1.165) is 24.2 Å². The highest BCUT2D eigenvalue weighted by Crippen LogP contribution is 2.30. The fourth-order valence-corrected chi connectivity index (χ4v) is 2.97. The van der Waals surface area contributed by atoms with Crippen molar-refractivity contribution in [2.45, 2.75) is 25.7 Å². The van der Waals surface area contributed by atoms with Crippen molar-refractivity contribution in [3.8, 4) is 11.5 Å².